The van der Waals surface area contributed by atoms with Crippen LogP contribution in [-0.2, 0) is 11.3 Å². The number of fused-ring (bicyclic) bond motifs is 1. The van der Waals surface area contributed by atoms with Crippen LogP contribution in [0, 0.1) is 0 Å². The van der Waals surface area contributed by atoms with Gasteiger partial charge in [0.25, 0.3) is 0 Å². The average molecular weight is 335 g/mol. The number of ketones is 1. The second-order valence-corrected chi connectivity index (χ2v) is 6.03. The van der Waals surface area contributed by atoms with Crippen LogP contribution >= 0.6 is 0 Å². The van der Waals surface area contributed by atoms with E-state index >= 15 is 0 Å². The SMILES string of the molecule is CC[C@@H](C(=O)NCc1cccnc1)n1cc(C(C)=O)c2ccccc21. The summed E-state index contributed by atoms with van der Waals surface area (Å²) in [5.74, 6) is -0.0669. The van der Waals surface area contributed by atoms with Crippen LogP contribution in [-0.4, -0.2) is 21.2 Å². The second kappa shape index (κ2) is 7.30. The molecule has 0 bridgehead atoms. The fourth-order valence-corrected chi connectivity index (χ4v) is 3.06. The Kier molecular flexibility index (Phi) is 4.93. The number of hydrogen-bond donors (Lipinski definition) is 1. The number of aromatic nitrogens is 2. The van der Waals surface area contributed by atoms with Crippen LogP contribution in [0.25, 0.3) is 10.9 Å². The average Bonchev–Trinajstić information content (AvgIpc) is 3.01. The van der Waals surface area contributed by atoms with E-state index in [1.54, 1.807) is 25.5 Å². The molecule has 0 aliphatic heterocycles. The maximum atomic E-state index is 12.7. The van der Waals surface area contributed by atoms with Crippen LogP contribution in [0.15, 0.2) is 55.0 Å². The van der Waals surface area contributed by atoms with E-state index in [0.717, 1.165) is 16.5 Å². The molecular formula is C20H21N3O2. The Morgan fingerprint density at radius 2 is 2.00 bits per heavy atom. The van der Waals surface area contributed by atoms with Gasteiger partial charge in [0.05, 0.1) is 0 Å². The van der Waals surface area contributed by atoms with E-state index in [0.29, 0.717) is 18.5 Å². The summed E-state index contributed by atoms with van der Waals surface area (Å²) in [5.41, 5.74) is 2.50. The lowest BCUT2D eigenvalue weighted by Crippen LogP contribution is -2.31. The van der Waals surface area contributed by atoms with Crippen molar-refractivity contribution in [2.24, 2.45) is 0 Å². The van der Waals surface area contributed by atoms with Gasteiger partial charge >= 0.3 is 0 Å². The van der Waals surface area contributed by atoms with Gasteiger partial charge in [0.2, 0.25) is 5.91 Å². The fraction of sp³-hybridized carbons (Fsp3) is 0.250. The number of carbonyl (C=O) groups is 2. The molecule has 3 aromatic rings. The maximum Gasteiger partial charge on any atom is 0.243 e. The lowest BCUT2D eigenvalue weighted by molar-refractivity contribution is -0.124. The third-order valence-electron chi connectivity index (χ3n) is 4.33. The van der Waals surface area contributed by atoms with Gasteiger partial charge < -0.3 is 9.88 Å². The van der Waals surface area contributed by atoms with Crippen LogP contribution in [0.5, 0.6) is 0 Å². The van der Waals surface area contributed by atoms with Crippen LogP contribution in [0.2, 0.25) is 0 Å². The Bertz CT molecular complexity index is 900. The Morgan fingerprint density at radius 3 is 2.68 bits per heavy atom. The molecule has 0 saturated heterocycles. The van der Waals surface area contributed by atoms with E-state index in [4.69, 9.17) is 0 Å². The smallest absolute Gasteiger partial charge is 0.243 e. The lowest BCUT2D eigenvalue weighted by Gasteiger charge is -2.18. The van der Waals surface area contributed by atoms with Crippen molar-refractivity contribution in [1.29, 1.82) is 0 Å². The maximum absolute atomic E-state index is 12.7. The van der Waals surface area contributed by atoms with Gasteiger partial charge in [-0.3, -0.25) is 14.6 Å². The highest BCUT2D eigenvalue weighted by molar-refractivity contribution is 6.07. The Labute approximate surface area is 146 Å². The number of nitrogens with one attached hydrogen (secondary N) is 1. The predicted molar refractivity (Wildman–Crippen MR) is 97.4 cm³/mol. The van der Waals surface area contributed by atoms with Gasteiger partial charge in [-0.2, -0.15) is 0 Å². The van der Waals surface area contributed by atoms with E-state index in [-0.39, 0.29) is 17.7 Å². The van der Waals surface area contributed by atoms with Crippen LogP contribution < -0.4 is 5.32 Å². The number of hydrogen-bond acceptors (Lipinski definition) is 3. The minimum absolute atomic E-state index is 0.000529. The minimum atomic E-state index is -0.366. The fourth-order valence-electron chi connectivity index (χ4n) is 3.06. The lowest BCUT2D eigenvalue weighted by atomic mass is 10.1. The molecule has 0 aliphatic carbocycles. The molecule has 1 atom stereocenters. The first-order chi connectivity index (χ1) is 12.1. The molecule has 0 spiro atoms. The first-order valence-electron chi connectivity index (χ1n) is 8.39. The summed E-state index contributed by atoms with van der Waals surface area (Å²) in [7, 11) is 0. The highest BCUT2D eigenvalue weighted by atomic mass is 16.2. The Morgan fingerprint density at radius 1 is 1.20 bits per heavy atom. The van der Waals surface area contributed by atoms with E-state index < -0.39 is 0 Å². The van der Waals surface area contributed by atoms with Crippen LogP contribution in [0.1, 0.15) is 42.2 Å². The third-order valence-corrected chi connectivity index (χ3v) is 4.33. The largest absolute Gasteiger partial charge is 0.350 e. The van der Waals surface area contributed by atoms with Crippen molar-refractivity contribution in [3.8, 4) is 0 Å². The molecule has 5 nitrogen and oxygen atoms in total. The first kappa shape index (κ1) is 16.9. The molecule has 0 fully saturated rings. The normalized spacial score (nSPS) is 12.1. The number of para-hydroxylation sites is 1. The van der Waals surface area contributed by atoms with Crippen molar-refractivity contribution in [1.82, 2.24) is 14.9 Å². The topological polar surface area (TPSA) is 64.0 Å². The molecule has 0 aliphatic rings. The molecule has 1 N–H and O–H groups in total. The number of pyridine rings is 1. The molecule has 1 aromatic carbocycles. The van der Waals surface area contributed by atoms with E-state index in [1.165, 1.54) is 0 Å². The van der Waals surface area contributed by atoms with Gasteiger partial charge in [-0.1, -0.05) is 31.2 Å². The quantitative estimate of drug-likeness (QED) is 0.701. The minimum Gasteiger partial charge on any atom is -0.350 e. The zero-order chi connectivity index (χ0) is 17.8. The monoisotopic (exact) mass is 335 g/mol. The summed E-state index contributed by atoms with van der Waals surface area (Å²) in [4.78, 5) is 28.7. The molecule has 0 saturated carbocycles. The number of nitrogens with zero attached hydrogens (tertiary/aromatic N) is 2. The summed E-state index contributed by atoms with van der Waals surface area (Å²) in [5, 5.41) is 3.85. The molecule has 2 heterocycles. The van der Waals surface area contributed by atoms with Gasteiger partial charge in [-0.05, 0) is 31.0 Å². The number of Topliss-reactive ketones (excluding diaryl/α,β-unsaturated/α-hetero) is 1. The van der Waals surface area contributed by atoms with E-state index in [2.05, 4.69) is 10.3 Å². The highest BCUT2D eigenvalue weighted by Crippen LogP contribution is 2.26. The number of rotatable bonds is 6. The number of amides is 1. The zero-order valence-corrected chi connectivity index (χ0v) is 14.4. The van der Waals surface area contributed by atoms with Crippen molar-refractivity contribution >= 4 is 22.6 Å². The van der Waals surface area contributed by atoms with Gasteiger partial charge in [0.15, 0.2) is 5.78 Å². The van der Waals surface area contributed by atoms with Crippen molar-refractivity contribution < 1.29 is 9.59 Å². The standard InChI is InChI=1S/C20H21N3O2/c1-3-18(20(25)22-12-15-7-6-10-21-11-15)23-13-17(14(2)24)16-8-4-5-9-19(16)23/h4-11,13,18H,3,12H2,1-2H3,(H,22,25)/t18-/m0/s1. The van der Waals surface area contributed by atoms with E-state index in [1.807, 2.05) is 47.9 Å². The van der Waals surface area contributed by atoms with Crippen molar-refractivity contribution in [2.45, 2.75) is 32.9 Å². The molecule has 5 heteroatoms. The van der Waals surface area contributed by atoms with Crippen LogP contribution in [0.3, 0.4) is 0 Å². The number of carbonyl (C=O) groups excluding carboxylic acids is 2. The molecule has 3 rings (SSSR count). The molecule has 0 unspecified atom stereocenters. The van der Waals surface area contributed by atoms with Crippen molar-refractivity contribution in [2.75, 3.05) is 0 Å². The molecule has 0 radical (unpaired) electrons. The Balaban J connectivity index is 1.89. The second-order valence-electron chi connectivity index (χ2n) is 6.03. The molecule has 128 valence electrons. The van der Waals surface area contributed by atoms with Gasteiger partial charge in [-0.15, -0.1) is 0 Å². The van der Waals surface area contributed by atoms with Crippen molar-refractivity contribution in [3.05, 3.63) is 66.1 Å². The highest BCUT2D eigenvalue weighted by Gasteiger charge is 2.22. The molecular weight excluding hydrogens is 314 g/mol. The molecule has 2 aromatic heterocycles. The predicted octanol–water partition coefficient (Wildman–Crippen LogP) is 3.51. The van der Waals surface area contributed by atoms with Crippen molar-refractivity contribution in [3.63, 3.8) is 0 Å². The Hall–Kier alpha value is -2.95. The van der Waals surface area contributed by atoms with Gasteiger partial charge in [0.1, 0.15) is 6.04 Å². The summed E-state index contributed by atoms with van der Waals surface area (Å²) in [6.45, 7) is 3.95. The summed E-state index contributed by atoms with van der Waals surface area (Å²) in [6.07, 6.45) is 5.87. The summed E-state index contributed by atoms with van der Waals surface area (Å²) in [6, 6.07) is 11.1. The molecule has 1 amide bonds. The van der Waals surface area contributed by atoms with Gasteiger partial charge in [-0.25, -0.2) is 0 Å². The van der Waals surface area contributed by atoms with Crippen LogP contribution in [0.4, 0.5) is 0 Å². The zero-order valence-electron chi connectivity index (χ0n) is 14.4. The first-order valence-corrected chi connectivity index (χ1v) is 8.39. The van der Waals surface area contributed by atoms with Gasteiger partial charge in [0, 0.05) is 41.6 Å². The third kappa shape index (κ3) is 3.45. The summed E-state index contributed by atoms with van der Waals surface area (Å²) < 4.78 is 1.91. The number of benzene rings is 1. The summed E-state index contributed by atoms with van der Waals surface area (Å²) >= 11 is 0. The van der Waals surface area contributed by atoms with E-state index in [9.17, 15) is 9.59 Å². The molecule has 25 heavy (non-hydrogen) atoms.